The summed E-state index contributed by atoms with van der Waals surface area (Å²) < 4.78 is 0. The van der Waals surface area contributed by atoms with E-state index in [9.17, 15) is 48.3 Å². The van der Waals surface area contributed by atoms with Gasteiger partial charge in [-0.3, -0.25) is 52.7 Å². The average Bonchev–Trinajstić information content (AvgIpc) is 1.88. The molecule has 0 spiro atoms. The molecule has 0 aromatic heterocycles. The van der Waals surface area contributed by atoms with Crippen LogP contribution in [0.5, 0.6) is 0 Å². The Labute approximate surface area is 520 Å². The molecule has 5 N–H and O–H groups in total. The predicted molar refractivity (Wildman–Crippen MR) is 338 cm³/mol. The maximum Gasteiger partial charge on any atom is 0.246 e. The molecule has 496 valence electrons. The lowest BCUT2D eigenvalue weighted by Gasteiger charge is -2.41. The van der Waals surface area contributed by atoms with Crippen LogP contribution in [0.15, 0.2) is 24.3 Å². The summed E-state index contributed by atoms with van der Waals surface area (Å²) in [6.07, 6.45) is 6.14. The molecule has 0 bridgehead atoms. The molecule has 23 heteroatoms. The molecule has 87 heavy (non-hydrogen) atoms. The van der Waals surface area contributed by atoms with Gasteiger partial charge in [0.2, 0.25) is 65.0 Å². The molecule has 0 fully saturated rings. The highest BCUT2D eigenvalue weighted by Gasteiger charge is 2.45. The van der Waals surface area contributed by atoms with E-state index in [0.717, 1.165) is 4.90 Å². The van der Waals surface area contributed by atoms with Crippen LogP contribution in [-0.4, -0.2) is 227 Å². The number of carbonyl (C=O) groups is 11. The van der Waals surface area contributed by atoms with Crippen molar-refractivity contribution in [3.63, 3.8) is 0 Å². The zero-order valence-electron chi connectivity index (χ0n) is 57.2. The van der Waals surface area contributed by atoms with E-state index < -0.39 is 156 Å². The molecule has 0 unspecified atom stereocenters. The number of likely N-dealkylation sites (N-methyl/N-ethyl adjacent to an activating group) is 7. The highest BCUT2D eigenvalue weighted by molar-refractivity contribution is 5.99. The van der Waals surface area contributed by atoms with Crippen molar-refractivity contribution < 1.29 is 57.8 Å². The number of aliphatic hydroxyl groups is 1. The minimum Gasteiger partial charge on any atom is -0.390 e. The van der Waals surface area contributed by atoms with E-state index >= 15 is 9.59 Å². The van der Waals surface area contributed by atoms with Crippen molar-refractivity contribution in [2.24, 2.45) is 41.4 Å². The molecule has 1 aliphatic rings. The van der Waals surface area contributed by atoms with Gasteiger partial charge in [0.1, 0.15) is 54.4 Å². The Morgan fingerprint density at radius 1 is 0.506 bits per heavy atom. The third kappa shape index (κ3) is 22.9. The van der Waals surface area contributed by atoms with Crippen molar-refractivity contribution in [2.75, 3.05) is 55.9 Å². The highest BCUT2D eigenvalue weighted by Crippen LogP contribution is 2.25. The smallest absolute Gasteiger partial charge is 0.246 e. The SMILES string of the molecule is C/C=C/C[C@@H](C)[C@@H](O)[C@H]1C(=O)N[C@@H](CC)C(=O)N(C)CC(=O)N(C)[C@@H](CC(C)C)/C=C/C(=O)N[C@@H](C(C)C)C(=O)N(C)[C@@H](CC(C)C)C(=O)N[C@@H](C)C(=O)N[C@H](C)C(=O)N(C)[C@@H](CC(C)C)C(=O)N(C)[C@@H](CC(C)C)C(=O)N(C)[C@@H](C(C)C)C(=O)N1C. The summed E-state index contributed by atoms with van der Waals surface area (Å²) in [4.78, 5) is 168. The van der Waals surface area contributed by atoms with Crippen LogP contribution < -0.4 is 21.3 Å². The first-order valence-corrected chi connectivity index (χ1v) is 31.2. The molecule has 1 heterocycles. The Bertz CT molecular complexity index is 2410. The molecule has 0 radical (unpaired) electrons. The molecule has 12 atom stereocenters. The van der Waals surface area contributed by atoms with E-state index in [1.807, 2.05) is 61.5 Å². The van der Waals surface area contributed by atoms with Crippen LogP contribution in [-0.2, 0) is 52.7 Å². The zero-order chi connectivity index (χ0) is 67.4. The number of amides is 11. The summed E-state index contributed by atoms with van der Waals surface area (Å²) in [5.41, 5.74) is 0. The maximum absolute atomic E-state index is 15.1. The van der Waals surface area contributed by atoms with Gasteiger partial charge in [-0.2, -0.15) is 0 Å². The second-order valence-electron chi connectivity index (χ2n) is 26.5. The average molecular weight is 1230 g/mol. The first kappa shape index (κ1) is 78.6. The van der Waals surface area contributed by atoms with E-state index in [4.69, 9.17) is 0 Å². The van der Waals surface area contributed by atoms with E-state index in [-0.39, 0.29) is 49.4 Å². The lowest BCUT2D eigenvalue weighted by molar-refractivity contribution is -0.157. The molecule has 11 amide bonds. The van der Waals surface area contributed by atoms with Crippen LogP contribution in [0.2, 0.25) is 0 Å². The van der Waals surface area contributed by atoms with E-state index in [0.29, 0.717) is 12.8 Å². The van der Waals surface area contributed by atoms with Crippen molar-refractivity contribution in [1.29, 1.82) is 0 Å². The summed E-state index contributed by atoms with van der Waals surface area (Å²) in [5.74, 6) is -9.18. The van der Waals surface area contributed by atoms with Crippen molar-refractivity contribution in [2.45, 2.75) is 223 Å². The molecular weight excluding hydrogens is 1110 g/mol. The Balaban J connectivity index is 4.28. The van der Waals surface area contributed by atoms with Gasteiger partial charge < -0.3 is 60.7 Å². The molecule has 0 saturated heterocycles. The number of carbonyl (C=O) groups excluding carboxylic acids is 11. The van der Waals surface area contributed by atoms with Crippen LogP contribution in [0.25, 0.3) is 0 Å². The lowest BCUT2D eigenvalue weighted by atomic mass is 9.91. The monoisotopic (exact) mass is 1230 g/mol. The van der Waals surface area contributed by atoms with Gasteiger partial charge in [-0.05, 0) is 101 Å². The van der Waals surface area contributed by atoms with Crippen LogP contribution in [0.1, 0.15) is 156 Å². The van der Waals surface area contributed by atoms with Gasteiger partial charge in [-0.1, -0.05) is 115 Å². The molecule has 0 aliphatic carbocycles. The van der Waals surface area contributed by atoms with Gasteiger partial charge in [0.05, 0.1) is 18.7 Å². The normalized spacial score (nSPS) is 27.0. The summed E-state index contributed by atoms with van der Waals surface area (Å²) in [6.45, 7) is 29.7. The maximum atomic E-state index is 15.1. The van der Waals surface area contributed by atoms with Crippen LogP contribution in [0, 0.1) is 41.4 Å². The number of aliphatic hydroxyl groups excluding tert-OH is 1. The lowest BCUT2D eigenvalue weighted by Crippen LogP contribution is -2.63. The molecule has 0 aromatic rings. The first-order valence-electron chi connectivity index (χ1n) is 31.2. The first-order chi connectivity index (χ1) is 40.2. The summed E-state index contributed by atoms with van der Waals surface area (Å²) >= 11 is 0. The minimum atomic E-state index is -1.60. The van der Waals surface area contributed by atoms with Crippen LogP contribution >= 0.6 is 0 Å². The Morgan fingerprint density at radius 3 is 1.44 bits per heavy atom. The topological polar surface area (TPSA) is 279 Å². The highest BCUT2D eigenvalue weighted by atomic mass is 16.3. The summed E-state index contributed by atoms with van der Waals surface area (Å²) in [7, 11) is 10.1. The van der Waals surface area contributed by atoms with Crippen molar-refractivity contribution in [3.8, 4) is 0 Å². The quantitative estimate of drug-likeness (QED) is 0.146. The van der Waals surface area contributed by atoms with Crippen LogP contribution in [0.3, 0.4) is 0 Å². The Morgan fingerprint density at radius 2 is 0.966 bits per heavy atom. The standard InChI is InChI=1S/C64H113N11O12/c1-25-27-28-42(15)55(78)54-58(81)67-46(26-2)60(83)69(18)35-51(77)70(19)45(31-36(3)4)29-30-50(76)68-52(40(11)12)63(86)71(20)47(32-37(5)6)57(80)65-43(16)56(79)66-44(17)59(82)72(21)48(33-38(7)8)61(84)73(22)49(34-39(9)10)62(85)74(23)53(41(13)14)64(87)75(54)24/h25,27,29-30,36-49,52-55,78H,26,28,31-35H2,1-24H3,(H,65,80)(H,66,79)(H,67,81)(H,68,76)/b27-25+,30-29+/t42-,43+,44-,45-,46+,47+,48+,49+,52+,53+,54+,55-/m1/s1. The van der Waals surface area contributed by atoms with Gasteiger partial charge in [0.25, 0.3) is 0 Å². The molecule has 1 rings (SSSR count). The third-order valence-electron chi connectivity index (χ3n) is 16.3. The van der Waals surface area contributed by atoms with Crippen molar-refractivity contribution >= 4 is 65.0 Å². The van der Waals surface area contributed by atoms with Gasteiger partial charge in [0.15, 0.2) is 0 Å². The van der Waals surface area contributed by atoms with Crippen LogP contribution in [0.4, 0.5) is 0 Å². The Hall–Kier alpha value is -6.39. The molecule has 0 aromatic carbocycles. The fourth-order valence-corrected chi connectivity index (χ4v) is 10.8. The third-order valence-corrected chi connectivity index (χ3v) is 16.3. The fourth-order valence-electron chi connectivity index (χ4n) is 10.8. The number of hydrogen-bond donors (Lipinski definition) is 5. The van der Waals surface area contributed by atoms with Crippen molar-refractivity contribution in [1.82, 2.24) is 55.6 Å². The predicted octanol–water partition coefficient (Wildman–Crippen LogP) is 3.83. The van der Waals surface area contributed by atoms with E-state index in [1.165, 1.54) is 91.6 Å². The largest absolute Gasteiger partial charge is 0.390 e. The van der Waals surface area contributed by atoms with E-state index in [2.05, 4.69) is 21.3 Å². The number of hydrogen-bond acceptors (Lipinski definition) is 12. The van der Waals surface area contributed by atoms with Gasteiger partial charge in [0, 0.05) is 55.4 Å². The minimum absolute atomic E-state index is 0.0265. The van der Waals surface area contributed by atoms with Gasteiger partial charge in [-0.15, -0.1) is 0 Å². The zero-order valence-corrected chi connectivity index (χ0v) is 57.2. The molecule has 23 nitrogen and oxygen atoms in total. The fraction of sp³-hybridized carbons (Fsp3) is 0.766. The number of nitrogens with zero attached hydrogens (tertiary/aromatic N) is 7. The number of rotatable bonds is 15. The van der Waals surface area contributed by atoms with Crippen molar-refractivity contribution in [3.05, 3.63) is 24.3 Å². The molecule has 0 saturated carbocycles. The van der Waals surface area contributed by atoms with E-state index in [1.54, 1.807) is 67.7 Å². The number of allylic oxidation sites excluding steroid dienone is 2. The molecule has 1 aliphatic heterocycles. The second-order valence-corrected chi connectivity index (χ2v) is 26.5. The summed E-state index contributed by atoms with van der Waals surface area (Å²) in [6, 6.07) is -11.7. The van der Waals surface area contributed by atoms with Gasteiger partial charge in [-0.25, -0.2) is 0 Å². The van der Waals surface area contributed by atoms with Gasteiger partial charge >= 0.3 is 0 Å². The Kier molecular flexibility index (Phi) is 32.7. The molecular formula is C64H113N11O12. The number of nitrogens with one attached hydrogen (secondary N) is 4. The second kappa shape index (κ2) is 36.2. The summed E-state index contributed by atoms with van der Waals surface area (Å²) in [5, 5.41) is 23.0.